The minimum atomic E-state index is 0.472. The topological polar surface area (TPSA) is 46.0 Å². The van der Waals surface area contributed by atoms with E-state index in [4.69, 9.17) is 0 Å². The van der Waals surface area contributed by atoms with Gasteiger partial charge < -0.3 is 14.8 Å². The molecule has 0 amide bonds. The van der Waals surface area contributed by atoms with Crippen molar-refractivity contribution in [3.05, 3.63) is 18.1 Å². The maximum atomic E-state index is 4.51. The lowest BCUT2D eigenvalue weighted by Crippen LogP contribution is -2.44. The largest absolute Gasteiger partial charge is 0.372 e. The predicted molar refractivity (Wildman–Crippen MR) is 77.7 cm³/mol. The van der Waals surface area contributed by atoms with E-state index in [1.807, 2.05) is 7.05 Å². The van der Waals surface area contributed by atoms with Crippen LogP contribution in [0.3, 0.4) is 0 Å². The van der Waals surface area contributed by atoms with Gasteiger partial charge in [0.25, 0.3) is 0 Å². The van der Waals surface area contributed by atoms with E-state index in [1.165, 1.54) is 10.9 Å². The van der Waals surface area contributed by atoms with E-state index in [-0.39, 0.29) is 0 Å². The molecule has 1 N–H and O–H groups in total. The van der Waals surface area contributed by atoms with Gasteiger partial charge in [0.05, 0.1) is 11.4 Å². The Morgan fingerprint density at radius 2 is 2.05 bits per heavy atom. The molecule has 0 unspecified atom stereocenters. The second-order valence-electron chi connectivity index (χ2n) is 5.69. The minimum absolute atomic E-state index is 0.472. The van der Waals surface area contributed by atoms with Crippen molar-refractivity contribution >= 4 is 16.9 Å². The van der Waals surface area contributed by atoms with E-state index in [9.17, 15) is 0 Å². The summed E-state index contributed by atoms with van der Waals surface area (Å²) in [7, 11) is 4.07. The smallest absolute Gasteiger partial charge is 0.146 e. The van der Waals surface area contributed by atoms with E-state index in [0.29, 0.717) is 12.0 Å². The summed E-state index contributed by atoms with van der Waals surface area (Å²) < 4.78 is 2.33. The number of hydrogen-bond donors (Lipinski definition) is 1. The molecule has 5 nitrogen and oxygen atoms in total. The van der Waals surface area contributed by atoms with Crippen molar-refractivity contribution in [1.82, 2.24) is 19.4 Å². The van der Waals surface area contributed by atoms with Gasteiger partial charge in [0.1, 0.15) is 17.8 Å². The average molecular weight is 259 g/mol. The number of likely N-dealkylation sites (tertiary alicyclic amines) is 1. The molecule has 0 atom stereocenters. The molecular formula is C14H21N5. The number of rotatable bonds is 3. The van der Waals surface area contributed by atoms with Gasteiger partial charge in [-0.25, -0.2) is 9.97 Å². The third-order valence-corrected chi connectivity index (χ3v) is 3.94. The molecule has 2 aromatic rings. The van der Waals surface area contributed by atoms with Crippen LogP contribution in [0.1, 0.15) is 31.4 Å². The Hall–Kier alpha value is -1.62. The second-order valence-corrected chi connectivity index (χ2v) is 5.69. The van der Waals surface area contributed by atoms with Crippen molar-refractivity contribution in [2.24, 2.45) is 0 Å². The molecule has 19 heavy (non-hydrogen) atoms. The molecule has 0 aliphatic carbocycles. The van der Waals surface area contributed by atoms with Gasteiger partial charge in [-0.05, 0) is 18.5 Å². The summed E-state index contributed by atoms with van der Waals surface area (Å²) in [5.74, 6) is 1.40. The number of fused-ring (bicyclic) bond motifs is 1. The van der Waals surface area contributed by atoms with Gasteiger partial charge in [-0.2, -0.15) is 0 Å². The molecule has 102 valence electrons. The summed E-state index contributed by atoms with van der Waals surface area (Å²) in [6.45, 7) is 6.64. The molecule has 0 saturated carbocycles. The molecule has 0 aromatic carbocycles. The zero-order chi connectivity index (χ0) is 13.6. The molecule has 5 heteroatoms. The number of aromatic nitrogens is 3. The standard InChI is InChI=1S/C14H21N5/c1-9(2)11-7-19(10-5-18(4)6-10)14-12(11)13(15-3)16-8-17-14/h7-10H,5-6H2,1-4H3,(H,15,16,17). The maximum Gasteiger partial charge on any atom is 0.146 e. The van der Waals surface area contributed by atoms with Gasteiger partial charge in [0.2, 0.25) is 0 Å². The summed E-state index contributed by atoms with van der Waals surface area (Å²) in [6.07, 6.45) is 3.92. The van der Waals surface area contributed by atoms with Gasteiger partial charge in [-0.15, -0.1) is 0 Å². The predicted octanol–water partition coefficient (Wildman–Crippen LogP) is 2.08. The maximum absolute atomic E-state index is 4.51. The molecule has 0 radical (unpaired) electrons. The van der Waals surface area contributed by atoms with Crippen LogP contribution in [-0.4, -0.2) is 46.6 Å². The third kappa shape index (κ3) is 1.89. The molecule has 1 aliphatic heterocycles. The Balaban J connectivity index is 2.18. The first kappa shape index (κ1) is 12.4. The van der Waals surface area contributed by atoms with Gasteiger partial charge in [0.15, 0.2) is 0 Å². The minimum Gasteiger partial charge on any atom is -0.372 e. The van der Waals surface area contributed by atoms with Crippen molar-refractivity contribution in [2.75, 3.05) is 32.5 Å². The SMILES string of the molecule is CNc1ncnc2c1c(C(C)C)cn2C1CN(C)C1. The molecule has 0 spiro atoms. The van der Waals surface area contributed by atoms with Crippen LogP contribution >= 0.6 is 0 Å². The monoisotopic (exact) mass is 259 g/mol. The highest BCUT2D eigenvalue weighted by Gasteiger charge is 2.28. The Bertz CT molecular complexity index is 595. The Kier molecular flexibility index (Phi) is 2.93. The summed E-state index contributed by atoms with van der Waals surface area (Å²) >= 11 is 0. The molecule has 3 heterocycles. The fourth-order valence-corrected chi connectivity index (χ4v) is 2.86. The van der Waals surface area contributed by atoms with Crippen LogP contribution in [0.15, 0.2) is 12.5 Å². The quantitative estimate of drug-likeness (QED) is 0.916. The van der Waals surface area contributed by atoms with Crippen molar-refractivity contribution < 1.29 is 0 Å². The molecule has 1 saturated heterocycles. The van der Waals surface area contributed by atoms with Crippen LogP contribution in [0.25, 0.3) is 11.0 Å². The second kappa shape index (κ2) is 4.49. The van der Waals surface area contributed by atoms with Crippen molar-refractivity contribution in [3.63, 3.8) is 0 Å². The van der Waals surface area contributed by atoms with E-state index < -0.39 is 0 Å². The van der Waals surface area contributed by atoms with Crippen molar-refractivity contribution in [2.45, 2.75) is 25.8 Å². The lowest BCUT2D eigenvalue weighted by atomic mass is 10.0. The molecule has 3 rings (SSSR count). The fraction of sp³-hybridized carbons (Fsp3) is 0.571. The average Bonchev–Trinajstić information content (AvgIpc) is 2.74. The van der Waals surface area contributed by atoms with Crippen molar-refractivity contribution in [1.29, 1.82) is 0 Å². The van der Waals surface area contributed by atoms with E-state index in [1.54, 1.807) is 6.33 Å². The zero-order valence-corrected chi connectivity index (χ0v) is 12.0. The third-order valence-electron chi connectivity index (χ3n) is 3.94. The molecular weight excluding hydrogens is 238 g/mol. The lowest BCUT2D eigenvalue weighted by Gasteiger charge is -2.37. The summed E-state index contributed by atoms with van der Waals surface area (Å²) in [4.78, 5) is 11.2. The summed E-state index contributed by atoms with van der Waals surface area (Å²) in [5.41, 5.74) is 2.38. The first-order chi connectivity index (χ1) is 9.11. The Morgan fingerprint density at radius 3 is 2.63 bits per heavy atom. The number of anilines is 1. The van der Waals surface area contributed by atoms with Crippen LogP contribution in [0, 0.1) is 0 Å². The summed E-state index contributed by atoms with van der Waals surface area (Å²) in [6, 6.07) is 0.541. The Labute approximate surface area is 113 Å². The lowest BCUT2D eigenvalue weighted by molar-refractivity contribution is 0.143. The number of nitrogens with one attached hydrogen (secondary N) is 1. The summed E-state index contributed by atoms with van der Waals surface area (Å²) in [5, 5.41) is 4.36. The molecule has 0 bridgehead atoms. The van der Waals surface area contributed by atoms with Crippen LogP contribution in [0.5, 0.6) is 0 Å². The van der Waals surface area contributed by atoms with E-state index in [0.717, 1.165) is 24.6 Å². The first-order valence-corrected chi connectivity index (χ1v) is 6.83. The molecule has 1 aliphatic rings. The molecule has 2 aromatic heterocycles. The van der Waals surface area contributed by atoms with Crippen molar-refractivity contribution in [3.8, 4) is 0 Å². The number of hydrogen-bond acceptors (Lipinski definition) is 4. The van der Waals surface area contributed by atoms with Gasteiger partial charge in [0, 0.05) is 26.3 Å². The first-order valence-electron chi connectivity index (χ1n) is 6.83. The van der Waals surface area contributed by atoms with Gasteiger partial charge in [-0.3, -0.25) is 0 Å². The van der Waals surface area contributed by atoms with E-state index in [2.05, 4.69) is 51.8 Å². The van der Waals surface area contributed by atoms with Crippen LogP contribution in [0.2, 0.25) is 0 Å². The highest BCUT2D eigenvalue weighted by molar-refractivity contribution is 5.91. The fourth-order valence-electron chi connectivity index (χ4n) is 2.86. The highest BCUT2D eigenvalue weighted by Crippen LogP contribution is 2.34. The number of nitrogens with zero attached hydrogens (tertiary/aromatic N) is 4. The Morgan fingerprint density at radius 1 is 1.32 bits per heavy atom. The van der Waals surface area contributed by atoms with Crippen LogP contribution < -0.4 is 5.32 Å². The number of likely N-dealkylation sites (N-methyl/N-ethyl adjacent to an activating group) is 1. The zero-order valence-electron chi connectivity index (χ0n) is 12.0. The van der Waals surface area contributed by atoms with Gasteiger partial charge >= 0.3 is 0 Å². The normalized spacial score (nSPS) is 17.1. The highest BCUT2D eigenvalue weighted by atomic mass is 15.3. The van der Waals surface area contributed by atoms with Crippen LogP contribution in [-0.2, 0) is 0 Å². The van der Waals surface area contributed by atoms with E-state index >= 15 is 0 Å². The van der Waals surface area contributed by atoms with Crippen LogP contribution in [0.4, 0.5) is 5.82 Å². The van der Waals surface area contributed by atoms with Gasteiger partial charge in [-0.1, -0.05) is 13.8 Å². The molecule has 1 fully saturated rings.